The van der Waals surface area contributed by atoms with Gasteiger partial charge in [0, 0.05) is 10.6 Å². The Kier molecular flexibility index (Phi) is 3.50. The van der Waals surface area contributed by atoms with Gasteiger partial charge in [-0.05, 0) is 12.1 Å². The zero-order valence-corrected chi connectivity index (χ0v) is 10.6. The van der Waals surface area contributed by atoms with Crippen LogP contribution in [0.25, 0.3) is 11.3 Å². The number of halogens is 4. The molecule has 7 heteroatoms. The van der Waals surface area contributed by atoms with Gasteiger partial charge in [-0.25, -0.2) is 4.98 Å². The van der Waals surface area contributed by atoms with Gasteiger partial charge in [0.25, 0.3) is 0 Å². The first kappa shape index (κ1) is 11.9. The van der Waals surface area contributed by atoms with Gasteiger partial charge in [-0.3, -0.25) is 0 Å². The highest BCUT2D eigenvalue weighted by Gasteiger charge is 2.14. The number of benzene rings is 1. The smallest absolute Gasteiger partial charge is 0.159 e. The molecule has 1 heterocycles. The maximum Gasteiger partial charge on any atom is 0.159 e. The van der Waals surface area contributed by atoms with Crippen LogP contribution < -0.4 is 0 Å². The molecule has 0 amide bonds. The van der Waals surface area contributed by atoms with Crippen molar-refractivity contribution in [2.45, 2.75) is 0 Å². The van der Waals surface area contributed by atoms with E-state index in [1.807, 2.05) is 0 Å². The van der Waals surface area contributed by atoms with Crippen molar-refractivity contribution in [3.8, 4) is 11.3 Å². The summed E-state index contributed by atoms with van der Waals surface area (Å²) in [6.45, 7) is 0. The van der Waals surface area contributed by atoms with Crippen LogP contribution in [0.5, 0.6) is 0 Å². The molecule has 1 aromatic carbocycles. The van der Waals surface area contributed by atoms with E-state index in [4.69, 9.17) is 46.4 Å². The first-order chi connectivity index (χ1) is 7.59. The van der Waals surface area contributed by atoms with Crippen molar-refractivity contribution < 1.29 is 0 Å². The van der Waals surface area contributed by atoms with Crippen molar-refractivity contribution in [1.82, 2.24) is 15.2 Å². The zero-order valence-electron chi connectivity index (χ0n) is 7.59. The first-order valence-corrected chi connectivity index (χ1v) is 5.59. The maximum atomic E-state index is 6.03. The summed E-state index contributed by atoms with van der Waals surface area (Å²) < 4.78 is 0. The molecule has 0 radical (unpaired) electrons. The van der Waals surface area contributed by atoms with Gasteiger partial charge in [-0.1, -0.05) is 46.4 Å². The average Bonchev–Trinajstić information content (AvgIpc) is 2.24. The standard InChI is InChI=1S/C9H3Cl4N3/c10-4-1-5(7(12)6(11)2-4)8-9(13)14-3-15-16-8/h1-3H. The molecule has 0 spiro atoms. The van der Waals surface area contributed by atoms with Gasteiger partial charge in [0.1, 0.15) is 12.0 Å². The normalized spacial score (nSPS) is 10.5. The van der Waals surface area contributed by atoms with Gasteiger partial charge >= 0.3 is 0 Å². The largest absolute Gasteiger partial charge is 0.220 e. The molecular formula is C9H3Cl4N3. The number of hydrogen-bond donors (Lipinski definition) is 0. The fourth-order valence-electron chi connectivity index (χ4n) is 1.16. The molecule has 3 nitrogen and oxygen atoms in total. The van der Waals surface area contributed by atoms with E-state index >= 15 is 0 Å². The van der Waals surface area contributed by atoms with Crippen molar-refractivity contribution >= 4 is 46.4 Å². The summed E-state index contributed by atoms with van der Waals surface area (Å²) in [5, 5.41) is 8.74. The van der Waals surface area contributed by atoms with Crippen LogP contribution in [0, 0.1) is 0 Å². The topological polar surface area (TPSA) is 38.7 Å². The van der Waals surface area contributed by atoms with E-state index in [1.165, 1.54) is 12.4 Å². The summed E-state index contributed by atoms with van der Waals surface area (Å²) >= 11 is 23.7. The Bertz CT molecular complexity index is 544. The highest BCUT2D eigenvalue weighted by atomic mass is 35.5. The molecular weight excluding hydrogens is 292 g/mol. The molecule has 0 aliphatic carbocycles. The molecule has 0 saturated heterocycles. The fourth-order valence-corrected chi connectivity index (χ4v) is 2.03. The van der Waals surface area contributed by atoms with Crippen molar-refractivity contribution in [2.24, 2.45) is 0 Å². The predicted molar refractivity (Wildman–Crippen MR) is 65.3 cm³/mol. The van der Waals surface area contributed by atoms with E-state index in [0.717, 1.165) is 0 Å². The van der Waals surface area contributed by atoms with Crippen LogP contribution in [0.3, 0.4) is 0 Å². The molecule has 1 aromatic heterocycles. The minimum atomic E-state index is 0.190. The first-order valence-electron chi connectivity index (χ1n) is 4.07. The van der Waals surface area contributed by atoms with Crippen LogP contribution in [0.1, 0.15) is 0 Å². The summed E-state index contributed by atoms with van der Waals surface area (Å²) in [6, 6.07) is 3.14. The second-order valence-electron chi connectivity index (χ2n) is 2.85. The zero-order chi connectivity index (χ0) is 11.7. The predicted octanol–water partition coefficient (Wildman–Crippen LogP) is 4.15. The van der Waals surface area contributed by atoms with Crippen LogP contribution >= 0.6 is 46.4 Å². The molecule has 0 aliphatic rings. The van der Waals surface area contributed by atoms with Gasteiger partial charge < -0.3 is 0 Å². The second kappa shape index (κ2) is 4.72. The summed E-state index contributed by atoms with van der Waals surface area (Å²) in [5.74, 6) is 0. The minimum absolute atomic E-state index is 0.190. The lowest BCUT2D eigenvalue weighted by molar-refractivity contribution is 0.977. The molecule has 82 valence electrons. The lowest BCUT2D eigenvalue weighted by Crippen LogP contribution is -1.92. The Labute approximate surface area is 111 Å². The molecule has 0 bridgehead atoms. The lowest BCUT2D eigenvalue weighted by Gasteiger charge is -2.06. The van der Waals surface area contributed by atoms with Crippen molar-refractivity contribution in [1.29, 1.82) is 0 Å². The Morgan fingerprint density at radius 1 is 1.00 bits per heavy atom. The van der Waals surface area contributed by atoms with Crippen LogP contribution in [0.4, 0.5) is 0 Å². The molecule has 2 aromatic rings. The van der Waals surface area contributed by atoms with Gasteiger partial charge in [0.2, 0.25) is 0 Å². The van der Waals surface area contributed by atoms with Crippen LogP contribution in [0.15, 0.2) is 18.5 Å². The molecule has 2 rings (SSSR count). The van der Waals surface area contributed by atoms with E-state index in [0.29, 0.717) is 26.3 Å². The average molecular weight is 295 g/mol. The third-order valence-corrected chi connectivity index (χ3v) is 3.12. The van der Waals surface area contributed by atoms with Gasteiger partial charge in [-0.15, -0.1) is 10.2 Å². The molecule has 0 atom stereocenters. The second-order valence-corrected chi connectivity index (χ2v) is 4.43. The maximum absolute atomic E-state index is 6.03. The van der Waals surface area contributed by atoms with Gasteiger partial charge in [-0.2, -0.15) is 0 Å². The molecule has 0 N–H and O–H groups in total. The molecule has 0 saturated carbocycles. The quantitative estimate of drug-likeness (QED) is 0.742. The van der Waals surface area contributed by atoms with Crippen LogP contribution in [-0.4, -0.2) is 15.2 Å². The summed E-state index contributed by atoms with van der Waals surface area (Å²) in [4.78, 5) is 3.80. The van der Waals surface area contributed by atoms with Gasteiger partial charge in [0.05, 0.1) is 10.0 Å². The number of nitrogens with zero attached hydrogens (tertiary/aromatic N) is 3. The summed E-state index contributed by atoms with van der Waals surface area (Å²) in [7, 11) is 0. The molecule has 0 fully saturated rings. The summed E-state index contributed by atoms with van der Waals surface area (Å²) in [5.41, 5.74) is 0.850. The monoisotopic (exact) mass is 293 g/mol. The van der Waals surface area contributed by atoms with E-state index in [-0.39, 0.29) is 5.15 Å². The highest BCUT2D eigenvalue weighted by molar-refractivity contribution is 6.45. The van der Waals surface area contributed by atoms with E-state index in [1.54, 1.807) is 6.07 Å². The Hall–Kier alpha value is -0.610. The number of rotatable bonds is 1. The SMILES string of the molecule is Clc1cc(Cl)c(Cl)c(-c2nncnc2Cl)c1. The number of hydrogen-bond acceptors (Lipinski definition) is 3. The van der Waals surface area contributed by atoms with Crippen molar-refractivity contribution in [3.05, 3.63) is 38.7 Å². The van der Waals surface area contributed by atoms with Crippen molar-refractivity contribution in [2.75, 3.05) is 0 Å². The fraction of sp³-hybridized carbons (Fsp3) is 0. The summed E-state index contributed by atoms with van der Waals surface area (Å²) in [6.07, 6.45) is 1.24. The highest BCUT2D eigenvalue weighted by Crippen LogP contribution is 2.37. The minimum Gasteiger partial charge on any atom is -0.220 e. The Morgan fingerprint density at radius 2 is 1.75 bits per heavy atom. The molecule has 0 unspecified atom stereocenters. The van der Waals surface area contributed by atoms with Crippen molar-refractivity contribution in [3.63, 3.8) is 0 Å². The third kappa shape index (κ3) is 2.23. The van der Waals surface area contributed by atoms with E-state index < -0.39 is 0 Å². The van der Waals surface area contributed by atoms with Crippen LogP contribution in [-0.2, 0) is 0 Å². The third-order valence-electron chi connectivity index (χ3n) is 1.82. The van der Waals surface area contributed by atoms with E-state index in [2.05, 4.69) is 15.2 Å². The Balaban J connectivity index is 2.69. The molecule has 16 heavy (non-hydrogen) atoms. The van der Waals surface area contributed by atoms with Crippen LogP contribution in [0.2, 0.25) is 20.2 Å². The Morgan fingerprint density at radius 3 is 2.44 bits per heavy atom. The number of aromatic nitrogens is 3. The lowest BCUT2D eigenvalue weighted by atomic mass is 10.1. The van der Waals surface area contributed by atoms with Gasteiger partial charge in [0.15, 0.2) is 5.15 Å². The molecule has 0 aliphatic heterocycles. The van der Waals surface area contributed by atoms with E-state index in [9.17, 15) is 0 Å².